The molecule has 1 N–H and O–H groups in total. The number of hydrogen-bond donors (Lipinski definition) is 1. The molecule has 0 fully saturated rings. The van der Waals surface area contributed by atoms with Gasteiger partial charge in [0.25, 0.3) is 0 Å². The molecule has 6 nitrogen and oxygen atoms in total. The van der Waals surface area contributed by atoms with Crippen molar-refractivity contribution in [2.24, 2.45) is 7.05 Å². The van der Waals surface area contributed by atoms with Crippen molar-refractivity contribution in [2.75, 3.05) is 6.54 Å². The van der Waals surface area contributed by atoms with Gasteiger partial charge in [-0.15, -0.1) is 5.10 Å². The summed E-state index contributed by atoms with van der Waals surface area (Å²) < 4.78 is 3.63. The van der Waals surface area contributed by atoms with Crippen LogP contribution in [0.5, 0.6) is 0 Å². The summed E-state index contributed by atoms with van der Waals surface area (Å²) in [5.74, 6) is 0.920. The number of nitrogens with zero attached hydrogens (tertiary/aromatic N) is 5. The summed E-state index contributed by atoms with van der Waals surface area (Å²) in [6, 6.07) is 0. The fraction of sp³-hybridized carbons (Fsp3) is 0.444. The van der Waals surface area contributed by atoms with Crippen LogP contribution in [-0.2, 0) is 20.1 Å². The maximum Gasteiger partial charge on any atom is 0.128 e. The Hall–Kier alpha value is -1.40. The van der Waals surface area contributed by atoms with Crippen LogP contribution in [0.25, 0.3) is 0 Å². The molecule has 0 saturated heterocycles. The molecule has 0 radical (unpaired) electrons. The SMILES string of the molecule is Cn1c(Cl)cnc1CNCCn1ccnn1. The van der Waals surface area contributed by atoms with Gasteiger partial charge in [-0.2, -0.15) is 0 Å². The van der Waals surface area contributed by atoms with Crippen molar-refractivity contribution in [1.29, 1.82) is 0 Å². The Kier molecular flexibility index (Phi) is 3.53. The minimum atomic E-state index is 0.646. The first-order chi connectivity index (χ1) is 7.77. The van der Waals surface area contributed by atoms with E-state index in [0.717, 1.165) is 18.9 Å². The van der Waals surface area contributed by atoms with E-state index in [4.69, 9.17) is 11.6 Å². The zero-order valence-corrected chi connectivity index (χ0v) is 9.72. The third-order valence-corrected chi connectivity index (χ3v) is 2.65. The average molecular weight is 241 g/mol. The van der Waals surface area contributed by atoms with Crippen molar-refractivity contribution in [1.82, 2.24) is 29.9 Å². The van der Waals surface area contributed by atoms with Crippen molar-refractivity contribution in [2.45, 2.75) is 13.1 Å². The van der Waals surface area contributed by atoms with Gasteiger partial charge in [0.1, 0.15) is 11.0 Å². The first-order valence-electron chi connectivity index (χ1n) is 4.98. The van der Waals surface area contributed by atoms with Crippen LogP contribution in [0.2, 0.25) is 5.15 Å². The molecule has 2 aromatic rings. The van der Waals surface area contributed by atoms with Crippen LogP contribution in [0.1, 0.15) is 5.82 Å². The lowest BCUT2D eigenvalue weighted by Crippen LogP contribution is -2.21. The Balaban J connectivity index is 1.74. The van der Waals surface area contributed by atoms with Gasteiger partial charge in [-0.3, -0.25) is 4.68 Å². The molecule has 0 bridgehead atoms. The molecule has 0 aliphatic rings. The first-order valence-corrected chi connectivity index (χ1v) is 5.36. The van der Waals surface area contributed by atoms with Crippen molar-refractivity contribution >= 4 is 11.6 Å². The van der Waals surface area contributed by atoms with E-state index < -0.39 is 0 Å². The number of aromatic nitrogens is 5. The summed E-state index contributed by atoms with van der Waals surface area (Å²) >= 11 is 5.87. The van der Waals surface area contributed by atoms with E-state index in [2.05, 4.69) is 20.6 Å². The molecule has 0 amide bonds. The van der Waals surface area contributed by atoms with Gasteiger partial charge in [-0.25, -0.2) is 4.98 Å². The van der Waals surface area contributed by atoms with Gasteiger partial charge in [0.2, 0.25) is 0 Å². The van der Waals surface area contributed by atoms with Gasteiger partial charge in [0, 0.05) is 19.8 Å². The van der Waals surface area contributed by atoms with Crippen LogP contribution in [0.15, 0.2) is 18.6 Å². The zero-order chi connectivity index (χ0) is 11.4. The van der Waals surface area contributed by atoms with Gasteiger partial charge >= 0.3 is 0 Å². The highest BCUT2D eigenvalue weighted by atomic mass is 35.5. The summed E-state index contributed by atoms with van der Waals surface area (Å²) in [7, 11) is 1.89. The van der Waals surface area contributed by atoms with Crippen molar-refractivity contribution in [3.63, 3.8) is 0 Å². The molecule has 2 rings (SSSR count). The fourth-order valence-electron chi connectivity index (χ4n) is 1.33. The Morgan fingerprint density at radius 1 is 1.50 bits per heavy atom. The van der Waals surface area contributed by atoms with Crippen molar-refractivity contribution in [3.05, 3.63) is 29.6 Å². The summed E-state index contributed by atoms with van der Waals surface area (Å²) in [5, 5.41) is 11.5. The molecule has 86 valence electrons. The van der Waals surface area contributed by atoms with Crippen molar-refractivity contribution < 1.29 is 0 Å². The Labute approximate surface area is 98.2 Å². The maximum absolute atomic E-state index is 5.87. The molecule has 16 heavy (non-hydrogen) atoms. The average Bonchev–Trinajstić information content (AvgIpc) is 2.88. The van der Waals surface area contributed by atoms with Crippen molar-refractivity contribution in [3.8, 4) is 0 Å². The smallest absolute Gasteiger partial charge is 0.128 e. The lowest BCUT2D eigenvalue weighted by Gasteiger charge is -2.05. The number of nitrogens with one attached hydrogen (secondary N) is 1. The number of halogens is 1. The van der Waals surface area contributed by atoms with E-state index in [1.54, 1.807) is 17.1 Å². The number of rotatable bonds is 5. The first kappa shape index (κ1) is 11.1. The predicted molar refractivity (Wildman–Crippen MR) is 59.9 cm³/mol. The quantitative estimate of drug-likeness (QED) is 0.772. The Bertz CT molecular complexity index is 435. The van der Waals surface area contributed by atoms with Crippen LogP contribution in [0, 0.1) is 0 Å². The van der Waals surface area contributed by atoms with Crippen LogP contribution in [0.4, 0.5) is 0 Å². The van der Waals surface area contributed by atoms with Crippen LogP contribution in [0.3, 0.4) is 0 Å². The molecule has 2 aromatic heterocycles. The monoisotopic (exact) mass is 240 g/mol. The molecular formula is C9H13ClN6. The molecule has 0 aliphatic carbocycles. The van der Waals surface area contributed by atoms with Gasteiger partial charge in [0.15, 0.2) is 0 Å². The summed E-state index contributed by atoms with van der Waals surface area (Å²) in [4.78, 5) is 4.18. The number of hydrogen-bond acceptors (Lipinski definition) is 4. The Morgan fingerprint density at radius 3 is 3.00 bits per heavy atom. The van der Waals surface area contributed by atoms with Gasteiger partial charge in [0.05, 0.1) is 25.5 Å². The molecule has 0 atom stereocenters. The highest BCUT2D eigenvalue weighted by molar-refractivity contribution is 6.29. The summed E-state index contributed by atoms with van der Waals surface area (Å²) in [6.07, 6.45) is 5.15. The molecule has 2 heterocycles. The third kappa shape index (κ3) is 2.59. The van der Waals surface area contributed by atoms with Crippen LogP contribution < -0.4 is 5.32 Å². The Morgan fingerprint density at radius 2 is 2.38 bits per heavy atom. The molecule has 0 saturated carbocycles. The summed E-state index contributed by atoms with van der Waals surface area (Å²) in [6.45, 7) is 2.30. The molecule has 0 aliphatic heterocycles. The van der Waals surface area contributed by atoms with E-state index in [-0.39, 0.29) is 0 Å². The van der Waals surface area contributed by atoms with Gasteiger partial charge < -0.3 is 9.88 Å². The van der Waals surface area contributed by atoms with E-state index in [9.17, 15) is 0 Å². The summed E-state index contributed by atoms with van der Waals surface area (Å²) in [5.41, 5.74) is 0. The normalized spacial score (nSPS) is 10.9. The minimum Gasteiger partial charge on any atom is -0.321 e. The van der Waals surface area contributed by atoms with E-state index >= 15 is 0 Å². The lowest BCUT2D eigenvalue weighted by atomic mass is 10.5. The molecule has 0 unspecified atom stereocenters. The van der Waals surface area contributed by atoms with E-state index in [0.29, 0.717) is 11.7 Å². The third-order valence-electron chi connectivity index (χ3n) is 2.30. The van der Waals surface area contributed by atoms with E-state index in [1.807, 2.05) is 17.8 Å². The predicted octanol–water partition coefficient (Wildman–Crippen LogP) is 0.455. The molecular weight excluding hydrogens is 228 g/mol. The highest BCUT2D eigenvalue weighted by Crippen LogP contribution is 2.08. The second-order valence-electron chi connectivity index (χ2n) is 3.40. The maximum atomic E-state index is 5.87. The van der Waals surface area contributed by atoms with E-state index in [1.165, 1.54) is 0 Å². The van der Waals surface area contributed by atoms with Gasteiger partial charge in [-0.05, 0) is 0 Å². The lowest BCUT2D eigenvalue weighted by molar-refractivity contribution is 0.530. The van der Waals surface area contributed by atoms with Crippen LogP contribution in [-0.4, -0.2) is 31.1 Å². The minimum absolute atomic E-state index is 0.646. The fourth-order valence-corrected chi connectivity index (χ4v) is 1.48. The number of imidazole rings is 1. The standard InChI is InChI=1S/C9H13ClN6/c1-15-8(10)6-12-9(15)7-11-2-4-16-5-3-13-14-16/h3,5-6,11H,2,4,7H2,1H3. The highest BCUT2D eigenvalue weighted by Gasteiger charge is 2.02. The molecule has 0 spiro atoms. The largest absolute Gasteiger partial charge is 0.321 e. The second kappa shape index (κ2) is 5.09. The molecule has 0 aromatic carbocycles. The molecule has 7 heteroatoms. The van der Waals surface area contributed by atoms with Gasteiger partial charge in [-0.1, -0.05) is 16.8 Å². The zero-order valence-electron chi connectivity index (χ0n) is 8.97. The second-order valence-corrected chi connectivity index (χ2v) is 3.79. The van der Waals surface area contributed by atoms with Crippen LogP contribution >= 0.6 is 11.6 Å². The topological polar surface area (TPSA) is 60.6 Å².